The normalized spacial score (nSPS) is 19.5. The monoisotopic (exact) mass is 181 g/mol. The van der Waals surface area contributed by atoms with Gasteiger partial charge in [0.05, 0.1) is 13.2 Å². The first-order valence-corrected chi connectivity index (χ1v) is 4.25. The molecule has 1 heterocycles. The largest absolute Gasteiger partial charge is 0.399 e. The Morgan fingerprint density at radius 1 is 1.46 bits per heavy atom. The number of benzene rings is 1. The van der Waals surface area contributed by atoms with Gasteiger partial charge in [-0.15, -0.1) is 0 Å². The molecule has 0 aliphatic carbocycles. The van der Waals surface area contributed by atoms with Crippen LogP contribution >= 0.6 is 0 Å². The van der Waals surface area contributed by atoms with Crippen LogP contribution < -0.4 is 5.73 Å². The van der Waals surface area contributed by atoms with Gasteiger partial charge >= 0.3 is 0 Å². The summed E-state index contributed by atoms with van der Waals surface area (Å²) in [7, 11) is 0. The van der Waals surface area contributed by atoms with E-state index in [0.29, 0.717) is 24.5 Å². The van der Waals surface area contributed by atoms with Gasteiger partial charge in [0.1, 0.15) is 5.82 Å². The maximum atomic E-state index is 13.4. The minimum absolute atomic E-state index is 0.155. The van der Waals surface area contributed by atoms with Gasteiger partial charge < -0.3 is 10.5 Å². The van der Waals surface area contributed by atoms with E-state index in [9.17, 15) is 4.39 Å². The van der Waals surface area contributed by atoms with Gasteiger partial charge in [-0.3, -0.25) is 0 Å². The minimum Gasteiger partial charge on any atom is -0.399 e. The predicted octanol–water partition coefficient (Wildman–Crippen LogP) is 1.70. The topological polar surface area (TPSA) is 35.2 Å². The highest BCUT2D eigenvalue weighted by Gasteiger charge is 2.37. The molecule has 2 rings (SSSR count). The number of nitrogens with two attached hydrogens (primary N) is 1. The molecule has 0 aromatic heterocycles. The lowest BCUT2D eigenvalue weighted by Crippen LogP contribution is -2.44. The van der Waals surface area contributed by atoms with Crippen molar-refractivity contribution < 1.29 is 9.13 Å². The van der Waals surface area contributed by atoms with Crippen molar-refractivity contribution in [2.45, 2.75) is 12.3 Å². The minimum atomic E-state index is -0.231. The Hall–Kier alpha value is -1.09. The smallest absolute Gasteiger partial charge is 0.129 e. The summed E-state index contributed by atoms with van der Waals surface area (Å²) in [6.45, 7) is 3.17. The standard InChI is InChI=1S/C10H12FNO/c1-10(5-13-6-10)8-3-2-7(12)4-9(8)11/h2-4H,5-6,12H2,1H3. The SMILES string of the molecule is CC1(c2ccc(N)cc2F)COC1. The fourth-order valence-electron chi connectivity index (χ4n) is 1.58. The van der Waals surface area contributed by atoms with Gasteiger partial charge in [-0.05, 0) is 17.7 Å². The molecule has 1 aliphatic rings. The number of nitrogen functional groups attached to an aromatic ring is 1. The van der Waals surface area contributed by atoms with E-state index in [2.05, 4.69) is 0 Å². The van der Waals surface area contributed by atoms with Gasteiger partial charge in [0.2, 0.25) is 0 Å². The third-order valence-electron chi connectivity index (χ3n) is 2.48. The highest BCUT2D eigenvalue weighted by Crippen LogP contribution is 2.33. The van der Waals surface area contributed by atoms with Crippen molar-refractivity contribution in [3.05, 3.63) is 29.6 Å². The highest BCUT2D eigenvalue weighted by molar-refractivity contribution is 5.43. The third-order valence-corrected chi connectivity index (χ3v) is 2.48. The summed E-state index contributed by atoms with van der Waals surface area (Å²) in [4.78, 5) is 0. The molecule has 0 unspecified atom stereocenters. The van der Waals surface area contributed by atoms with E-state index >= 15 is 0 Å². The van der Waals surface area contributed by atoms with Crippen LogP contribution in [0.25, 0.3) is 0 Å². The average molecular weight is 181 g/mol. The number of ether oxygens (including phenoxy) is 1. The highest BCUT2D eigenvalue weighted by atomic mass is 19.1. The molecule has 2 N–H and O–H groups in total. The van der Waals surface area contributed by atoms with E-state index in [-0.39, 0.29) is 11.2 Å². The second-order valence-electron chi connectivity index (χ2n) is 3.79. The van der Waals surface area contributed by atoms with E-state index < -0.39 is 0 Å². The molecule has 0 saturated carbocycles. The van der Waals surface area contributed by atoms with Crippen molar-refractivity contribution in [1.29, 1.82) is 0 Å². The zero-order valence-electron chi connectivity index (χ0n) is 7.51. The molecule has 0 atom stereocenters. The van der Waals surface area contributed by atoms with Gasteiger partial charge in [-0.2, -0.15) is 0 Å². The average Bonchev–Trinajstić information content (AvgIpc) is 2.00. The zero-order valence-corrected chi connectivity index (χ0v) is 7.51. The molecule has 0 bridgehead atoms. The second-order valence-corrected chi connectivity index (χ2v) is 3.79. The van der Waals surface area contributed by atoms with Crippen LogP contribution in [0, 0.1) is 5.82 Å². The molecule has 0 spiro atoms. The molecule has 70 valence electrons. The van der Waals surface area contributed by atoms with Crippen LogP contribution in [0.2, 0.25) is 0 Å². The summed E-state index contributed by atoms with van der Waals surface area (Å²) < 4.78 is 18.5. The van der Waals surface area contributed by atoms with Crippen LogP contribution in [-0.4, -0.2) is 13.2 Å². The molecular weight excluding hydrogens is 169 g/mol. The number of halogens is 1. The van der Waals surface area contributed by atoms with Crippen LogP contribution in [0.4, 0.5) is 10.1 Å². The van der Waals surface area contributed by atoms with Crippen molar-refractivity contribution in [2.24, 2.45) is 0 Å². The lowest BCUT2D eigenvalue weighted by Gasteiger charge is -2.38. The maximum absolute atomic E-state index is 13.4. The first kappa shape index (κ1) is 8.51. The number of hydrogen-bond acceptors (Lipinski definition) is 2. The van der Waals surface area contributed by atoms with Crippen molar-refractivity contribution in [1.82, 2.24) is 0 Å². The molecule has 1 saturated heterocycles. The fraction of sp³-hybridized carbons (Fsp3) is 0.400. The van der Waals surface area contributed by atoms with Gasteiger partial charge in [0.25, 0.3) is 0 Å². The summed E-state index contributed by atoms with van der Waals surface area (Å²) in [5, 5.41) is 0. The van der Waals surface area contributed by atoms with E-state index in [0.717, 1.165) is 0 Å². The maximum Gasteiger partial charge on any atom is 0.129 e. The summed E-state index contributed by atoms with van der Waals surface area (Å²) >= 11 is 0. The summed E-state index contributed by atoms with van der Waals surface area (Å²) in [6, 6.07) is 4.83. The predicted molar refractivity (Wildman–Crippen MR) is 49.0 cm³/mol. The summed E-state index contributed by atoms with van der Waals surface area (Å²) in [5.41, 5.74) is 6.47. The lowest BCUT2D eigenvalue weighted by atomic mass is 9.80. The molecule has 2 nitrogen and oxygen atoms in total. The Bertz CT molecular complexity index is 334. The van der Waals surface area contributed by atoms with Gasteiger partial charge in [0, 0.05) is 11.1 Å². The number of anilines is 1. The first-order valence-electron chi connectivity index (χ1n) is 4.25. The summed E-state index contributed by atoms with van der Waals surface area (Å²) in [6.07, 6.45) is 0. The zero-order chi connectivity index (χ0) is 9.47. The molecule has 1 fully saturated rings. The lowest BCUT2D eigenvalue weighted by molar-refractivity contribution is -0.0515. The molecule has 1 aromatic carbocycles. The number of hydrogen-bond donors (Lipinski definition) is 1. The Kier molecular flexibility index (Phi) is 1.77. The second kappa shape index (κ2) is 2.70. The quantitative estimate of drug-likeness (QED) is 0.669. The van der Waals surface area contributed by atoms with Crippen LogP contribution in [0.3, 0.4) is 0 Å². The van der Waals surface area contributed by atoms with Crippen molar-refractivity contribution >= 4 is 5.69 Å². The molecular formula is C10H12FNO. The van der Waals surface area contributed by atoms with Gasteiger partial charge in [-0.25, -0.2) is 4.39 Å². The molecule has 0 radical (unpaired) electrons. The van der Waals surface area contributed by atoms with E-state index in [4.69, 9.17) is 10.5 Å². The van der Waals surface area contributed by atoms with Crippen LogP contribution in [0.15, 0.2) is 18.2 Å². The van der Waals surface area contributed by atoms with Gasteiger partial charge in [-0.1, -0.05) is 13.0 Å². The van der Waals surface area contributed by atoms with Gasteiger partial charge in [0.15, 0.2) is 0 Å². The van der Waals surface area contributed by atoms with E-state index in [1.807, 2.05) is 6.92 Å². The fourth-order valence-corrected chi connectivity index (χ4v) is 1.58. The molecule has 0 amide bonds. The Balaban J connectivity index is 2.40. The van der Waals surface area contributed by atoms with Crippen LogP contribution in [0.1, 0.15) is 12.5 Å². The number of rotatable bonds is 1. The van der Waals surface area contributed by atoms with Crippen molar-refractivity contribution in [2.75, 3.05) is 18.9 Å². The van der Waals surface area contributed by atoms with Crippen LogP contribution in [0.5, 0.6) is 0 Å². The first-order chi connectivity index (χ1) is 6.12. The van der Waals surface area contributed by atoms with E-state index in [1.165, 1.54) is 6.07 Å². The Labute approximate surface area is 76.5 Å². The molecule has 13 heavy (non-hydrogen) atoms. The van der Waals surface area contributed by atoms with Crippen molar-refractivity contribution in [3.8, 4) is 0 Å². The molecule has 1 aliphatic heterocycles. The summed E-state index contributed by atoms with van der Waals surface area (Å²) in [5.74, 6) is -0.231. The van der Waals surface area contributed by atoms with Crippen LogP contribution in [-0.2, 0) is 10.2 Å². The molecule has 3 heteroatoms. The van der Waals surface area contributed by atoms with E-state index in [1.54, 1.807) is 12.1 Å². The Morgan fingerprint density at radius 3 is 2.62 bits per heavy atom. The third kappa shape index (κ3) is 1.29. The molecule has 1 aromatic rings. The van der Waals surface area contributed by atoms with Crippen molar-refractivity contribution in [3.63, 3.8) is 0 Å². The Morgan fingerprint density at radius 2 is 2.15 bits per heavy atom.